The van der Waals surface area contributed by atoms with Crippen molar-refractivity contribution in [2.24, 2.45) is 0 Å². The lowest BCUT2D eigenvalue weighted by Gasteiger charge is -2.42. The zero-order chi connectivity index (χ0) is 22.1. The van der Waals surface area contributed by atoms with Crippen LogP contribution in [0.15, 0.2) is 42.5 Å². The first-order chi connectivity index (χ1) is 14.1. The second-order valence-corrected chi connectivity index (χ2v) is 9.95. The molecule has 2 aromatic rings. The highest BCUT2D eigenvalue weighted by Gasteiger charge is 2.36. The van der Waals surface area contributed by atoms with E-state index in [1.165, 1.54) is 35.1 Å². The average Bonchev–Trinajstić information content (AvgIpc) is 2.72. The molecule has 30 heavy (non-hydrogen) atoms. The molecule has 0 heterocycles. The smallest absolute Gasteiger partial charge is 0.253 e. The van der Waals surface area contributed by atoms with Crippen molar-refractivity contribution < 1.29 is 4.79 Å². The number of hydrogen-bond acceptors (Lipinski definition) is 1. The van der Waals surface area contributed by atoms with Crippen LogP contribution in [-0.4, -0.2) is 23.9 Å². The topological polar surface area (TPSA) is 20.3 Å². The number of amides is 1. The van der Waals surface area contributed by atoms with Crippen molar-refractivity contribution in [2.45, 2.75) is 72.1 Å². The number of rotatable bonds is 5. The summed E-state index contributed by atoms with van der Waals surface area (Å²) in [5.41, 5.74) is 7.86. The van der Waals surface area contributed by atoms with E-state index in [4.69, 9.17) is 0 Å². The van der Waals surface area contributed by atoms with Crippen LogP contribution in [0, 0.1) is 0 Å². The van der Waals surface area contributed by atoms with Crippen molar-refractivity contribution in [1.29, 1.82) is 0 Å². The third kappa shape index (κ3) is 4.38. The highest BCUT2D eigenvalue weighted by atomic mass is 16.2. The highest BCUT2D eigenvalue weighted by Crippen LogP contribution is 2.46. The van der Waals surface area contributed by atoms with Crippen LogP contribution in [0.2, 0.25) is 0 Å². The van der Waals surface area contributed by atoms with Crippen LogP contribution >= 0.6 is 0 Å². The number of fused-ring (bicyclic) bond motifs is 1. The Kier molecular flexibility index (Phi) is 6.26. The predicted molar refractivity (Wildman–Crippen MR) is 129 cm³/mol. The first kappa shape index (κ1) is 22.3. The standard InChI is InChI=1S/C28H37NO/c1-8-29(9-2)26(30)22-12-10-21(11-13-22)18-20(3)23-14-15-24-25(19-23)28(6,7)17-16-27(24,4)5/h10-15,18-19H,8-9,16-17H2,1-7H3. The van der Waals surface area contributed by atoms with Gasteiger partial charge in [-0.05, 0) is 84.4 Å². The van der Waals surface area contributed by atoms with E-state index in [1.54, 1.807) is 0 Å². The fourth-order valence-electron chi connectivity index (χ4n) is 4.58. The molecule has 160 valence electrons. The molecule has 2 nitrogen and oxygen atoms in total. The van der Waals surface area contributed by atoms with E-state index in [2.05, 4.69) is 58.9 Å². The van der Waals surface area contributed by atoms with Crippen LogP contribution in [0.3, 0.4) is 0 Å². The molecule has 0 N–H and O–H groups in total. The Morgan fingerprint density at radius 1 is 0.867 bits per heavy atom. The number of carbonyl (C=O) groups excluding carboxylic acids is 1. The van der Waals surface area contributed by atoms with E-state index in [1.807, 2.05) is 43.0 Å². The summed E-state index contributed by atoms with van der Waals surface area (Å²) >= 11 is 0. The van der Waals surface area contributed by atoms with Crippen molar-refractivity contribution in [2.75, 3.05) is 13.1 Å². The third-order valence-corrected chi connectivity index (χ3v) is 6.90. The second kappa shape index (κ2) is 8.41. The van der Waals surface area contributed by atoms with Gasteiger partial charge in [0.25, 0.3) is 5.91 Å². The number of carbonyl (C=O) groups is 1. The lowest BCUT2D eigenvalue weighted by Crippen LogP contribution is -2.33. The minimum Gasteiger partial charge on any atom is -0.339 e. The Morgan fingerprint density at radius 3 is 1.97 bits per heavy atom. The molecule has 1 amide bonds. The molecule has 0 radical (unpaired) electrons. The Labute approximate surface area is 183 Å². The molecule has 0 unspecified atom stereocenters. The molecule has 0 fully saturated rings. The monoisotopic (exact) mass is 403 g/mol. The Bertz CT molecular complexity index is 943. The second-order valence-electron chi connectivity index (χ2n) is 9.95. The number of allylic oxidation sites excluding steroid dienone is 1. The van der Waals surface area contributed by atoms with Gasteiger partial charge in [-0.3, -0.25) is 4.79 Å². The summed E-state index contributed by atoms with van der Waals surface area (Å²) in [6.07, 6.45) is 4.68. The lowest BCUT2D eigenvalue weighted by molar-refractivity contribution is 0.0773. The third-order valence-electron chi connectivity index (χ3n) is 6.90. The summed E-state index contributed by atoms with van der Waals surface area (Å²) in [7, 11) is 0. The molecular formula is C28H37NO. The van der Waals surface area contributed by atoms with Gasteiger partial charge in [-0.2, -0.15) is 0 Å². The van der Waals surface area contributed by atoms with Crippen molar-refractivity contribution in [3.05, 3.63) is 70.3 Å². The minimum atomic E-state index is 0.104. The minimum absolute atomic E-state index is 0.104. The normalized spacial score (nSPS) is 17.4. The Balaban J connectivity index is 1.88. The summed E-state index contributed by atoms with van der Waals surface area (Å²) in [5, 5.41) is 0. The summed E-state index contributed by atoms with van der Waals surface area (Å²) in [5.74, 6) is 0.104. The molecule has 0 saturated heterocycles. The summed E-state index contributed by atoms with van der Waals surface area (Å²) in [6.45, 7) is 17.2. The first-order valence-electron chi connectivity index (χ1n) is 11.3. The number of benzene rings is 2. The number of hydrogen-bond donors (Lipinski definition) is 0. The molecular weight excluding hydrogens is 366 g/mol. The molecule has 2 aromatic carbocycles. The van der Waals surface area contributed by atoms with Gasteiger partial charge in [0.2, 0.25) is 0 Å². The van der Waals surface area contributed by atoms with E-state index >= 15 is 0 Å². The largest absolute Gasteiger partial charge is 0.339 e. The van der Waals surface area contributed by atoms with Crippen molar-refractivity contribution in [1.82, 2.24) is 4.90 Å². The van der Waals surface area contributed by atoms with Gasteiger partial charge in [0.1, 0.15) is 0 Å². The van der Waals surface area contributed by atoms with E-state index in [-0.39, 0.29) is 16.7 Å². The van der Waals surface area contributed by atoms with Gasteiger partial charge in [0, 0.05) is 18.7 Å². The van der Waals surface area contributed by atoms with Crippen molar-refractivity contribution >= 4 is 17.6 Å². The van der Waals surface area contributed by atoms with Crippen LogP contribution in [0.1, 0.15) is 93.9 Å². The summed E-state index contributed by atoms with van der Waals surface area (Å²) < 4.78 is 0. The lowest BCUT2D eigenvalue weighted by atomic mass is 9.63. The van der Waals surface area contributed by atoms with Gasteiger partial charge < -0.3 is 4.90 Å². The van der Waals surface area contributed by atoms with Gasteiger partial charge >= 0.3 is 0 Å². The maximum Gasteiger partial charge on any atom is 0.253 e. The maximum atomic E-state index is 12.5. The van der Waals surface area contributed by atoms with Crippen molar-refractivity contribution in [3.63, 3.8) is 0 Å². The Morgan fingerprint density at radius 2 is 1.40 bits per heavy atom. The van der Waals surface area contributed by atoms with Gasteiger partial charge in [-0.1, -0.05) is 64.1 Å². The molecule has 1 aliphatic rings. The zero-order valence-corrected chi connectivity index (χ0v) is 19.8. The molecule has 0 spiro atoms. The van der Waals surface area contributed by atoms with Crippen LogP contribution < -0.4 is 0 Å². The predicted octanol–water partition coefficient (Wildman–Crippen LogP) is 7.08. The van der Waals surface area contributed by atoms with Crippen molar-refractivity contribution in [3.8, 4) is 0 Å². The van der Waals surface area contributed by atoms with Crippen LogP contribution in [0.5, 0.6) is 0 Å². The van der Waals surface area contributed by atoms with Gasteiger partial charge in [0.15, 0.2) is 0 Å². The molecule has 0 aromatic heterocycles. The molecule has 0 aliphatic heterocycles. The quantitative estimate of drug-likeness (QED) is 0.489. The van der Waals surface area contributed by atoms with E-state index in [0.29, 0.717) is 0 Å². The fourth-order valence-corrected chi connectivity index (χ4v) is 4.58. The first-order valence-corrected chi connectivity index (χ1v) is 11.3. The van der Waals surface area contributed by atoms with Gasteiger partial charge in [-0.25, -0.2) is 0 Å². The van der Waals surface area contributed by atoms with Gasteiger partial charge in [-0.15, -0.1) is 0 Å². The molecule has 0 atom stereocenters. The van der Waals surface area contributed by atoms with Crippen LogP contribution in [0.4, 0.5) is 0 Å². The maximum absolute atomic E-state index is 12.5. The average molecular weight is 404 g/mol. The molecule has 0 saturated carbocycles. The van der Waals surface area contributed by atoms with E-state index in [0.717, 1.165) is 24.2 Å². The van der Waals surface area contributed by atoms with E-state index < -0.39 is 0 Å². The SMILES string of the molecule is CCN(CC)C(=O)c1ccc(C=C(C)c2ccc3c(c2)C(C)(C)CCC3(C)C)cc1. The van der Waals surface area contributed by atoms with Gasteiger partial charge in [0.05, 0.1) is 0 Å². The summed E-state index contributed by atoms with van der Waals surface area (Å²) in [6, 6.07) is 15.0. The number of nitrogens with zero attached hydrogens (tertiary/aromatic N) is 1. The molecule has 2 heteroatoms. The highest BCUT2D eigenvalue weighted by molar-refractivity contribution is 5.94. The molecule has 0 bridgehead atoms. The Hall–Kier alpha value is -2.35. The fraction of sp³-hybridized carbons (Fsp3) is 0.464. The molecule has 3 rings (SSSR count). The van der Waals surface area contributed by atoms with E-state index in [9.17, 15) is 4.79 Å². The zero-order valence-electron chi connectivity index (χ0n) is 19.8. The summed E-state index contributed by atoms with van der Waals surface area (Å²) in [4.78, 5) is 14.4. The van der Waals surface area contributed by atoms with Crippen LogP contribution in [0.25, 0.3) is 11.6 Å². The molecule has 1 aliphatic carbocycles. The van der Waals surface area contributed by atoms with Crippen LogP contribution in [-0.2, 0) is 10.8 Å².